The number of nitrogens with two attached hydrogens (primary N) is 1. The van der Waals surface area contributed by atoms with Crippen LogP contribution in [-0.2, 0) is 6.61 Å². The van der Waals surface area contributed by atoms with E-state index < -0.39 is 11.6 Å². The molecule has 2 nitrogen and oxygen atoms in total. The quantitative estimate of drug-likeness (QED) is 0.861. The lowest BCUT2D eigenvalue weighted by atomic mass is 10.2. The van der Waals surface area contributed by atoms with Gasteiger partial charge in [0.1, 0.15) is 24.0 Å². The summed E-state index contributed by atoms with van der Waals surface area (Å²) >= 11 is 5.89. The molecule has 0 heterocycles. The summed E-state index contributed by atoms with van der Waals surface area (Å²) in [5, 5.41) is 0.400. The van der Waals surface area contributed by atoms with Crippen LogP contribution in [0, 0.1) is 11.6 Å². The minimum absolute atomic E-state index is 0.0619. The van der Waals surface area contributed by atoms with Gasteiger partial charge in [-0.2, -0.15) is 0 Å². The molecule has 0 saturated carbocycles. The molecule has 0 bridgehead atoms. The number of hydrogen-bond donors (Lipinski definition) is 1. The van der Waals surface area contributed by atoms with Gasteiger partial charge in [0.15, 0.2) is 0 Å². The Bertz CT molecular complexity index is 575. The Morgan fingerprint density at radius 3 is 2.44 bits per heavy atom. The van der Waals surface area contributed by atoms with Crippen molar-refractivity contribution in [3.05, 3.63) is 58.6 Å². The number of rotatable bonds is 3. The molecule has 2 aromatic rings. The van der Waals surface area contributed by atoms with E-state index in [1.54, 1.807) is 0 Å². The summed E-state index contributed by atoms with van der Waals surface area (Å²) in [7, 11) is 0. The van der Waals surface area contributed by atoms with Gasteiger partial charge in [-0.3, -0.25) is 0 Å². The van der Waals surface area contributed by atoms with Crippen LogP contribution < -0.4 is 10.5 Å². The summed E-state index contributed by atoms with van der Waals surface area (Å²) in [5.74, 6) is -0.509. The van der Waals surface area contributed by atoms with Crippen molar-refractivity contribution >= 4 is 17.3 Å². The fraction of sp³-hybridized carbons (Fsp3) is 0.0769. The van der Waals surface area contributed by atoms with E-state index >= 15 is 0 Å². The zero-order chi connectivity index (χ0) is 13.1. The first-order chi connectivity index (χ1) is 8.56. The summed E-state index contributed by atoms with van der Waals surface area (Å²) in [4.78, 5) is 0. The third-order valence-electron chi connectivity index (χ3n) is 2.36. The summed E-state index contributed by atoms with van der Waals surface area (Å²) in [6.45, 7) is 0.0619. The second-order valence-electron chi connectivity index (χ2n) is 3.71. The van der Waals surface area contributed by atoms with E-state index in [0.717, 1.165) is 6.07 Å². The Hall–Kier alpha value is -1.81. The number of benzene rings is 2. The molecule has 0 atom stereocenters. The maximum Gasteiger partial charge on any atom is 0.142 e. The van der Waals surface area contributed by atoms with Gasteiger partial charge in [-0.05, 0) is 30.3 Å². The maximum absolute atomic E-state index is 13.0. The Kier molecular flexibility index (Phi) is 3.67. The van der Waals surface area contributed by atoms with Crippen LogP contribution in [0.25, 0.3) is 0 Å². The number of nitrogen functional groups attached to an aromatic ring is 1. The van der Waals surface area contributed by atoms with Gasteiger partial charge in [-0.15, -0.1) is 0 Å². The van der Waals surface area contributed by atoms with Crippen LogP contribution in [0.3, 0.4) is 0 Å². The van der Waals surface area contributed by atoms with Crippen molar-refractivity contribution in [1.29, 1.82) is 0 Å². The normalized spacial score (nSPS) is 10.4. The van der Waals surface area contributed by atoms with Crippen LogP contribution in [0.1, 0.15) is 5.56 Å². The first kappa shape index (κ1) is 12.6. The van der Waals surface area contributed by atoms with Crippen LogP contribution in [0.4, 0.5) is 14.5 Å². The van der Waals surface area contributed by atoms with Crippen molar-refractivity contribution < 1.29 is 13.5 Å². The minimum atomic E-state index is -0.441. The van der Waals surface area contributed by atoms with E-state index in [4.69, 9.17) is 22.1 Å². The van der Waals surface area contributed by atoms with Crippen LogP contribution in [-0.4, -0.2) is 0 Å². The molecule has 0 amide bonds. The Morgan fingerprint density at radius 1 is 1.06 bits per heavy atom. The molecule has 0 saturated heterocycles. The standard InChI is InChI=1S/C13H10ClF2NO/c14-11-3-1-9(15)5-8(11)7-18-13-4-2-10(16)6-12(13)17/h1-6H,7,17H2. The van der Waals surface area contributed by atoms with E-state index in [1.165, 1.54) is 30.3 Å². The molecule has 0 spiro atoms. The molecule has 2 rings (SSSR count). The zero-order valence-electron chi connectivity index (χ0n) is 9.29. The number of hydrogen-bond acceptors (Lipinski definition) is 2. The molecule has 0 unspecified atom stereocenters. The van der Waals surface area contributed by atoms with Crippen molar-refractivity contribution in [2.45, 2.75) is 6.61 Å². The molecule has 94 valence electrons. The average Bonchev–Trinajstić information content (AvgIpc) is 2.32. The van der Waals surface area contributed by atoms with E-state index in [2.05, 4.69) is 0 Å². The smallest absolute Gasteiger partial charge is 0.142 e. The number of halogens is 3. The highest BCUT2D eigenvalue weighted by Crippen LogP contribution is 2.24. The number of ether oxygens (including phenoxy) is 1. The van der Waals surface area contributed by atoms with Crippen LogP contribution in [0.5, 0.6) is 5.75 Å². The Morgan fingerprint density at radius 2 is 1.72 bits per heavy atom. The topological polar surface area (TPSA) is 35.2 Å². The summed E-state index contributed by atoms with van der Waals surface area (Å²) in [5.41, 5.74) is 6.26. The van der Waals surface area contributed by atoms with Gasteiger partial charge in [0.05, 0.1) is 5.69 Å². The van der Waals surface area contributed by atoms with Crippen LogP contribution in [0.2, 0.25) is 5.02 Å². The minimum Gasteiger partial charge on any atom is -0.487 e. The van der Waals surface area contributed by atoms with E-state index in [1.807, 2.05) is 0 Å². The molecule has 5 heteroatoms. The lowest BCUT2D eigenvalue weighted by Gasteiger charge is -2.10. The van der Waals surface area contributed by atoms with Gasteiger partial charge in [-0.1, -0.05) is 11.6 Å². The molecular weight excluding hydrogens is 260 g/mol. The summed E-state index contributed by atoms with van der Waals surface area (Å²) in [6, 6.07) is 7.79. The van der Waals surface area contributed by atoms with Gasteiger partial charge < -0.3 is 10.5 Å². The average molecular weight is 270 g/mol. The SMILES string of the molecule is Nc1cc(F)ccc1OCc1cc(F)ccc1Cl. The second-order valence-corrected chi connectivity index (χ2v) is 4.11. The molecule has 0 aliphatic carbocycles. The van der Waals surface area contributed by atoms with E-state index in [9.17, 15) is 8.78 Å². The van der Waals surface area contributed by atoms with Gasteiger partial charge in [0.25, 0.3) is 0 Å². The molecule has 0 aliphatic rings. The molecule has 2 aromatic carbocycles. The highest BCUT2D eigenvalue weighted by Gasteiger charge is 2.06. The monoisotopic (exact) mass is 269 g/mol. The van der Waals surface area contributed by atoms with Crippen molar-refractivity contribution in [2.24, 2.45) is 0 Å². The lowest BCUT2D eigenvalue weighted by Crippen LogP contribution is -2.00. The maximum atomic E-state index is 13.0. The third-order valence-corrected chi connectivity index (χ3v) is 2.73. The lowest BCUT2D eigenvalue weighted by molar-refractivity contribution is 0.307. The first-order valence-electron chi connectivity index (χ1n) is 5.18. The van der Waals surface area contributed by atoms with Crippen LogP contribution >= 0.6 is 11.6 Å². The highest BCUT2D eigenvalue weighted by molar-refractivity contribution is 6.31. The van der Waals surface area contributed by atoms with Gasteiger partial charge >= 0.3 is 0 Å². The predicted molar refractivity (Wildman–Crippen MR) is 66.6 cm³/mol. The highest BCUT2D eigenvalue weighted by atomic mass is 35.5. The van der Waals surface area contributed by atoms with E-state index in [0.29, 0.717) is 16.3 Å². The predicted octanol–water partition coefficient (Wildman–Crippen LogP) is 3.78. The molecule has 18 heavy (non-hydrogen) atoms. The van der Waals surface area contributed by atoms with Crippen molar-refractivity contribution in [3.63, 3.8) is 0 Å². The van der Waals surface area contributed by atoms with Crippen molar-refractivity contribution in [1.82, 2.24) is 0 Å². The van der Waals surface area contributed by atoms with Gasteiger partial charge in [0, 0.05) is 16.7 Å². The molecule has 0 fully saturated rings. The molecule has 0 aliphatic heterocycles. The molecule has 0 aromatic heterocycles. The molecule has 0 radical (unpaired) electrons. The van der Waals surface area contributed by atoms with E-state index in [-0.39, 0.29) is 12.3 Å². The second kappa shape index (κ2) is 5.23. The largest absolute Gasteiger partial charge is 0.487 e. The van der Waals surface area contributed by atoms with Crippen LogP contribution in [0.15, 0.2) is 36.4 Å². The zero-order valence-corrected chi connectivity index (χ0v) is 10.0. The summed E-state index contributed by atoms with van der Waals surface area (Å²) in [6.07, 6.45) is 0. The van der Waals surface area contributed by atoms with Gasteiger partial charge in [-0.25, -0.2) is 8.78 Å². The fourth-order valence-electron chi connectivity index (χ4n) is 1.46. The van der Waals surface area contributed by atoms with Gasteiger partial charge in [0.2, 0.25) is 0 Å². The molecular formula is C13H10ClF2NO. The Balaban J connectivity index is 2.13. The Labute approximate surface area is 108 Å². The first-order valence-corrected chi connectivity index (χ1v) is 5.56. The molecule has 2 N–H and O–H groups in total. The fourth-order valence-corrected chi connectivity index (χ4v) is 1.63. The summed E-state index contributed by atoms with van der Waals surface area (Å²) < 4.78 is 31.2. The van der Waals surface area contributed by atoms with Crippen molar-refractivity contribution in [2.75, 3.05) is 5.73 Å². The third kappa shape index (κ3) is 2.90. The number of anilines is 1. The van der Waals surface area contributed by atoms with Crippen molar-refractivity contribution in [3.8, 4) is 5.75 Å².